The van der Waals surface area contributed by atoms with Crippen molar-refractivity contribution in [3.05, 3.63) is 35.8 Å². The molecule has 1 saturated carbocycles. The van der Waals surface area contributed by atoms with E-state index in [9.17, 15) is 0 Å². The second-order valence-corrected chi connectivity index (χ2v) is 6.00. The Bertz CT molecular complexity index is 575. The molecule has 3 rings (SSSR count). The summed E-state index contributed by atoms with van der Waals surface area (Å²) in [6, 6.07) is 2.95. The Morgan fingerprint density at radius 1 is 1.42 bits per heavy atom. The van der Waals surface area contributed by atoms with Crippen molar-refractivity contribution in [2.45, 2.75) is 42.5 Å². The molecule has 0 saturated heterocycles. The summed E-state index contributed by atoms with van der Waals surface area (Å²) >= 11 is 1.61. The van der Waals surface area contributed by atoms with Crippen molar-refractivity contribution in [3.63, 3.8) is 0 Å². The van der Waals surface area contributed by atoms with Crippen LogP contribution in [0.25, 0.3) is 0 Å². The molecule has 0 unspecified atom stereocenters. The lowest BCUT2D eigenvalue weighted by Crippen LogP contribution is -2.15. The van der Waals surface area contributed by atoms with Gasteiger partial charge in [0.1, 0.15) is 5.03 Å². The molecule has 2 aromatic heterocycles. The van der Waals surface area contributed by atoms with Gasteiger partial charge in [0.05, 0.1) is 0 Å². The van der Waals surface area contributed by atoms with Crippen molar-refractivity contribution >= 4 is 11.8 Å². The van der Waals surface area contributed by atoms with Crippen LogP contribution in [-0.2, 0) is 13.6 Å². The molecule has 0 aliphatic heterocycles. The molecule has 1 fully saturated rings. The number of aryl methyl sites for hydroxylation is 2. The third kappa shape index (κ3) is 3.16. The monoisotopic (exact) mass is 274 g/mol. The van der Waals surface area contributed by atoms with E-state index in [0.717, 1.165) is 22.8 Å². The molecule has 0 atom stereocenters. The average Bonchev–Trinajstić information content (AvgIpc) is 3.14. The first-order valence-corrected chi connectivity index (χ1v) is 7.38. The van der Waals surface area contributed by atoms with E-state index >= 15 is 0 Å². The molecule has 0 amide bonds. The van der Waals surface area contributed by atoms with Crippen LogP contribution < -0.4 is 5.32 Å². The highest BCUT2D eigenvalue weighted by Crippen LogP contribution is 2.27. The molecule has 100 valence electrons. The van der Waals surface area contributed by atoms with Crippen LogP contribution in [0.4, 0.5) is 0 Å². The van der Waals surface area contributed by atoms with Crippen molar-refractivity contribution in [2.75, 3.05) is 0 Å². The summed E-state index contributed by atoms with van der Waals surface area (Å²) in [7, 11) is 2.00. The minimum atomic E-state index is 0.738. The zero-order valence-electron chi connectivity index (χ0n) is 11.3. The lowest BCUT2D eigenvalue weighted by molar-refractivity contribution is 0.684. The number of aromatic nitrogens is 3. The first-order chi connectivity index (χ1) is 9.22. The molecule has 1 aliphatic rings. The second-order valence-electron chi connectivity index (χ2n) is 5.04. The van der Waals surface area contributed by atoms with E-state index in [0.29, 0.717) is 0 Å². The van der Waals surface area contributed by atoms with Crippen LogP contribution in [0.5, 0.6) is 0 Å². The van der Waals surface area contributed by atoms with Crippen LogP contribution in [0.3, 0.4) is 0 Å². The van der Waals surface area contributed by atoms with Crippen molar-refractivity contribution in [1.82, 2.24) is 19.9 Å². The van der Waals surface area contributed by atoms with Gasteiger partial charge in [0, 0.05) is 38.2 Å². The Labute approximate surface area is 117 Å². The zero-order chi connectivity index (χ0) is 13.2. The molecule has 1 aliphatic carbocycles. The second kappa shape index (κ2) is 5.35. The lowest BCUT2D eigenvalue weighted by atomic mass is 10.2. The molecule has 4 nitrogen and oxygen atoms in total. The minimum Gasteiger partial charge on any atom is -0.329 e. The number of nitrogens with zero attached hydrogens (tertiary/aromatic N) is 3. The van der Waals surface area contributed by atoms with Gasteiger partial charge in [-0.3, -0.25) is 0 Å². The van der Waals surface area contributed by atoms with Crippen molar-refractivity contribution in [3.8, 4) is 0 Å². The maximum absolute atomic E-state index is 4.56. The molecular weight excluding hydrogens is 256 g/mol. The fourth-order valence-corrected chi connectivity index (χ4v) is 2.73. The number of nitrogens with one attached hydrogen (secondary N) is 1. The number of hydrogen-bond donors (Lipinski definition) is 1. The van der Waals surface area contributed by atoms with Crippen LogP contribution in [0.15, 0.2) is 34.8 Å². The summed E-state index contributed by atoms with van der Waals surface area (Å²) in [5.41, 5.74) is 2.47. The molecule has 0 radical (unpaired) electrons. The van der Waals surface area contributed by atoms with Crippen LogP contribution >= 0.6 is 11.8 Å². The number of hydrogen-bond acceptors (Lipinski definition) is 4. The summed E-state index contributed by atoms with van der Waals surface area (Å²) in [6.45, 7) is 3.03. The van der Waals surface area contributed by atoms with E-state index in [-0.39, 0.29) is 0 Å². The van der Waals surface area contributed by atoms with Crippen LogP contribution in [0.1, 0.15) is 24.0 Å². The number of imidazole rings is 1. The predicted octanol–water partition coefficient (Wildman–Crippen LogP) is 2.53. The third-order valence-corrected chi connectivity index (χ3v) is 4.42. The average molecular weight is 274 g/mol. The Kier molecular flexibility index (Phi) is 3.57. The van der Waals surface area contributed by atoms with Gasteiger partial charge >= 0.3 is 0 Å². The quantitative estimate of drug-likeness (QED) is 0.910. The maximum atomic E-state index is 4.56. The van der Waals surface area contributed by atoms with Gasteiger partial charge < -0.3 is 9.88 Å². The van der Waals surface area contributed by atoms with Gasteiger partial charge in [0.25, 0.3) is 0 Å². The minimum absolute atomic E-state index is 0.738. The number of rotatable bonds is 5. The molecule has 0 spiro atoms. The van der Waals surface area contributed by atoms with Gasteiger partial charge in [0.15, 0.2) is 5.16 Å². The molecule has 0 aromatic carbocycles. The fourth-order valence-electron chi connectivity index (χ4n) is 1.91. The maximum Gasteiger partial charge on any atom is 0.174 e. The SMILES string of the molecule is Cc1cc(CNC2CC2)cnc1Sc1nccn1C. The molecule has 5 heteroatoms. The van der Waals surface area contributed by atoms with Crippen molar-refractivity contribution in [1.29, 1.82) is 0 Å². The molecule has 19 heavy (non-hydrogen) atoms. The lowest BCUT2D eigenvalue weighted by Gasteiger charge is -2.08. The Morgan fingerprint density at radius 2 is 2.26 bits per heavy atom. The predicted molar refractivity (Wildman–Crippen MR) is 76.2 cm³/mol. The molecule has 2 heterocycles. The van der Waals surface area contributed by atoms with Gasteiger partial charge in [-0.05, 0) is 42.7 Å². The van der Waals surface area contributed by atoms with E-state index in [1.54, 1.807) is 11.8 Å². The number of pyridine rings is 1. The topological polar surface area (TPSA) is 42.7 Å². The van der Waals surface area contributed by atoms with Gasteiger partial charge in [-0.2, -0.15) is 0 Å². The van der Waals surface area contributed by atoms with Crippen LogP contribution in [-0.4, -0.2) is 20.6 Å². The summed E-state index contributed by atoms with van der Waals surface area (Å²) in [5.74, 6) is 0. The van der Waals surface area contributed by atoms with E-state index in [2.05, 4.69) is 28.3 Å². The van der Waals surface area contributed by atoms with E-state index in [4.69, 9.17) is 0 Å². The molecular formula is C14H18N4S. The summed E-state index contributed by atoms with van der Waals surface area (Å²) < 4.78 is 2.01. The van der Waals surface area contributed by atoms with Gasteiger partial charge in [-0.25, -0.2) is 9.97 Å². The highest BCUT2D eigenvalue weighted by molar-refractivity contribution is 7.99. The zero-order valence-corrected chi connectivity index (χ0v) is 12.1. The fraction of sp³-hybridized carbons (Fsp3) is 0.429. The first kappa shape index (κ1) is 12.7. The van der Waals surface area contributed by atoms with Gasteiger partial charge in [0.2, 0.25) is 0 Å². The largest absolute Gasteiger partial charge is 0.329 e. The van der Waals surface area contributed by atoms with Crippen LogP contribution in [0.2, 0.25) is 0 Å². The highest BCUT2D eigenvalue weighted by Gasteiger charge is 2.20. The summed E-state index contributed by atoms with van der Waals surface area (Å²) in [5, 5.41) is 5.51. The smallest absolute Gasteiger partial charge is 0.174 e. The Balaban J connectivity index is 1.70. The van der Waals surface area contributed by atoms with E-state index in [1.165, 1.54) is 24.0 Å². The van der Waals surface area contributed by atoms with Gasteiger partial charge in [-0.15, -0.1) is 0 Å². The third-order valence-electron chi connectivity index (χ3n) is 3.22. The first-order valence-electron chi connectivity index (χ1n) is 6.56. The Morgan fingerprint density at radius 3 is 2.89 bits per heavy atom. The van der Waals surface area contributed by atoms with Gasteiger partial charge in [-0.1, -0.05) is 6.07 Å². The van der Waals surface area contributed by atoms with E-state index in [1.807, 2.05) is 30.2 Å². The standard InChI is InChI=1S/C14H18N4S/c1-10-7-11(8-16-12-3-4-12)9-17-13(10)19-14-15-5-6-18(14)2/h5-7,9,12,16H,3-4,8H2,1-2H3. The summed E-state index contributed by atoms with van der Waals surface area (Å²) in [4.78, 5) is 8.88. The van der Waals surface area contributed by atoms with Crippen molar-refractivity contribution < 1.29 is 0 Å². The molecule has 2 aromatic rings. The molecule has 1 N–H and O–H groups in total. The summed E-state index contributed by atoms with van der Waals surface area (Å²) in [6.07, 6.45) is 8.36. The molecule has 0 bridgehead atoms. The van der Waals surface area contributed by atoms with Crippen LogP contribution in [0, 0.1) is 6.92 Å². The van der Waals surface area contributed by atoms with Crippen molar-refractivity contribution in [2.24, 2.45) is 7.05 Å². The van der Waals surface area contributed by atoms with E-state index < -0.39 is 0 Å². The Hall–Kier alpha value is -1.33. The highest BCUT2D eigenvalue weighted by atomic mass is 32.2. The normalized spacial score (nSPS) is 14.8.